The zero-order valence-electron chi connectivity index (χ0n) is 25.7. The van der Waals surface area contributed by atoms with Gasteiger partial charge in [0.1, 0.15) is 29.5 Å². The van der Waals surface area contributed by atoms with Crippen LogP contribution in [-0.4, -0.2) is 78.2 Å². The van der Waals surface area contributed by atoms with Gasteiger partial charge in [-0.05, 0) is 50.0 Å². The predicted octanol–water partition coefficient (Wildman–Crippen LogP) is 5.56. The first-order valence-corrected chi connectivity index (χ1v) is 15.0. The van der Waals surface area contributed by atoms with E-state index >= 15 is 4.39 Å². The SMILES string of the molecule is C=CC(=O)N1C[C@H](C)N(C2=NC(O)N(c3c(C(C)C)ncnc3C(C)C)c3nc(-c4c(O)cccc4F)c(Cl)cc32)C[C@H]1C. The van der Waals surface area contributed by atoms with Gasteiger partial charge in [0.05, 0.1) is 38.9 Å². The fourth-order valence-electron chi connectivity index (χ4n) is 5.89. The van der Waals surface area contributed by atoms with Crippen LogP contribution in [0.1, 0.15) is 70.3 Å². The molecule has 0 bridgehead atoms. The van der Waals surface area contributed by atoms with Gasteiger partial charge < -0.3 is 20.0 Å². The number of carbonyl (C=O) groups excluding carboxylic acids is 1. The van der Waals surface area contributed by atoms with Gasteiger partial charge in [0, 0.05) is 25.2 Å². The fourth-order valence-corrected chi connectivity index (χ4v) is 6.14. The maximum atomic E-state index is 15.2. The number of amides is 1. The molecule has 44 heavy (non-hydrogen) atoms. The number of anilines is 2. The Morgan fingerprint density at radius 1 is 1.11 bits per heavy atom. The molecule has 1 saturated heterocycles. The summed E-state index contributed by atoms with van der Waals surface area (Å²) < 4.78 is 15.2. The first kappa shape index (κ1) is 31.3. The molecule has 10 nitrogen and oxygen atoms in total. The average Bonchev–Trinajstić information content (AvgIpc) is 2.97. The van der Waals surface area contributed by atoms with Crippen LogP contribution in [0.25, 0.3) is 11.3 Å². The summed E-state index contributed by atoms with van der Waals surface area (Å²) in [5.41, 5.74) is 2.26. The molecule has 12 heteroatoms. The number of aromatic nitrogens is 3. The number of piperazine rings is 1. The van der Waals surface area contributed by atoms with E-state index < -0.39 is 12.2 Å². The molecule has 0 aliphatic carbocycles. The number of pyridine rings is 1. The number of benzene rings is 1. The molecule has 3 aromatic rings. The molecule has 0 radical (unpaired) electrons. The molecular weight excluding hydrogens is 585 g/mol. The van der Waals surface area contributed by atoms with Gasteiger partial charge in [-0.3, -0.25) is 9.69 Å². The van der Waals surface area contributed by atoms with E-state index in [1.54, 1.807) is 15.9 Å². The fraction of sp³-hybridized carbons (Fsp3) is 0.406. The number of fused-ring (bicyclic) bond motifs is 1. The van der Waals surface area contributed by atoms with Gasteiger partial charge in [0.25, 0.3) is 0 Å². The first-order valence-electron chi connectivity index (χ1n) is 14.6. The highest BCUT2D eigenvalue weighted by Crippen LogP contribution is 2.45. The van der Waals surface area contributed by atoms with Crippen molar-refractivity contribution in [3.63, 3.8) is 0 Å². The largest absolute Gasteiger partial charge is 0.507 e. The van der Waals surface area contributed by atoms with Crippen LogP contribution in [0.15, 0.2) is 48.2 Å². The third kappa shape index (κ3) is 5.39. The average molecular weight is 622 g/mol. The summed E-state index contributed by atoms with van der Waals surface area (Å²) in [4.78, 5) is 36.6. The van der Waals surface area contributed by atoms with Crippen LogP contribution in [0.3, 0.4) is 0 Å². The highest BCUT2D eigenvalue weighted by molar-refractivity contribution is 6.33. The zero-order chi connectivity index (χ0) is 32.0. The van der Waals surface area contributed by atoms with Crippen molar-refractivity contribution in [3.8, 4) is 17.0 Å². The second-order valence-electron chi connectivity index (χ2n) is 11.8. The number of aromatic hydroxyl groups is 1. The Hall–Kier alpha value is -4.09. The molecule has 1 unspecified atom stereocenters. The molecule has 5 rings (SSSR count). The van der Waals surface area contributed by atoms with Crippen LogP contribution in [0.4, 0.5) is 15.9 Å². The molecule has 2 aliphatic rings. The number of rotatable bonds is 5. The molecule has 4 heterocycles. The molecule has 1 aromatic carbocycles. The van der Waals surface area contributed by atoms with Crippen LogP contribution >= 0.6 is 11.6 Å². The number of nitrogens with zero attached hydrogens (tertiary/aromatic N) is 7. The Kier molecular flexibility index (Phi) is 8.64. The number of carbonyl (C=O) groups is 1. The molecular formula is C32H37ClFN7O3. The number of hydrogen-bond donors (Lipinski definition) is 2. The van der Waals surface area contributed by atoms with Crippen molar-refractivity contribution in [1.29, 1.82) is 0 Å². The Bertz CT molecular complexity index is 1600. The van der Waals surface area contributed by atoms with E-state index in [1.807, 2.05) is 46.4 Å². The summed E-state index contributed by atoms with van der Waals surface area (Å²) in [6, 6.07) is 5.24. The maximum absolute atomic E-state index is 15.2. The minimum absolute atomic E-state index is 0.0105. The van der Waals surface area contributed by atoms with Crippen molar-refractivity contribution in [3.05, 3.63) is 71.0 Å². The third-order valence-electron chi connectivity index (χ3n) is 8.05. The molecule has 0 spiro atoms. The van der Waals surface area contributed by atoms with E-state index in [1.165, 1.54) is 30.6 Å². The van der Waals surface area contributed by atoms with Gasteiger partial charge in [-0.25, -0.2) is 24.3 Å². The van der Waals surface area contributed by atoms with Crippen LogP contribution in [0.2, 0.25) is 5.02 Å². The topological polar surface area (TPSA) is 118 Å². The predicted molar refractivity (Wildman–Crippen MR) is 169 cm³/mol. The lowest BCUT2D eigenvalue weighted by atomic mass is 9.99. The van der Waals surface area contributed by atoms with Crippen molar-refractivity contribution < 1.29 is 19.4 Å². The summed E-state index contributed by atoms with van der Waals surface area (Å²) in [5.74, 6) is -0.595. The summed E-state index contributed by atoms with van der Waals surface area (Å²) in [6.07, 6.45) is 1.35. The van der Waals surface area contributed by atoms with E-state index in [0.717, 1.165) is 0 Å². The highest BCUT2D eigenvalue weighted by atomic mass is 35.5. The summed E-state index contributed by atoms with van der Waals surface area (Å²) in [5, 5.41) is 22.6. The molecule has 3 atom stereocenters. The monoisotopic (exact) mass is 621 g/mol. The van der Waals surface area contributed by atoms with E-state index in [2.05, 4.69) is 16.5 Å². The lowest BCUT2D eigenvalue weighted by Crippen LogP contribution is -2.60. The first-order chi connectivity index (χ1) is 20.8. The molecule has 2 aliphatic heterocycles. The Balaban J connectivity index is 1.77. The molecule has 232 valence electrons. The smallest absolute Gasteiger partial charge is 0.246 e. The number of phenolic OH excluding ortho intramolecular Hbond substituents is 1. The number of hydrogen-bond acceptors (Lipinski definition) is 9. The lowest BCUT2D eigenvalue weighted by molar-refractivity contribution is -0.130. The van der Waals surface area contributed by atoms with E-state index in [-0.39, 0.29) is 57.7 Å². The van der Waals surface area contributed by atoms with E-state index in [4.69, 9.17) is 21.6 Å². The normalized spacial score (nSPS) is 20.2. The van der Waals surface area contributed by atoms with Crippen molar-refractivity contribution in [2.75, 3.05) is 18.0 Å². The van der Waals surface area contributed by atoms with Crippen molar-refractivity contribution >= 4 is 34.8 Å². The summed E-state index contributed by atoms with van der Waals surface area (Å²) in [6.45, 7) is 16.3. The van der Waals surface area contributed by atoms with Gasteiger partial charge in [-0.1, -0.05) is 51.9 Å². The van der Waals surface area contributed by atoms with Crippen molar-refractivity contribution in [1.82, 2.24) is 24.8 Å². The highest BCUT2D eigenvalue weighted by Gasteiger charge is 2.40. The van der Waals surface area contributed by atoms with Gasteiger partial charge in [-0.15, -0.1) is 0 Å². The standard InChI is InChI=1S/C32H37ClFN7O3/c1-8-24(43)39-13-19(7)40(14-18(39)6)30-20-12-21(33)28(25-22(34)10-9-11-23(25)42)37-31(20)41(32(44)38-30)29-26(16(2)3)35-15-36-27(29)17(4)5/h8-12,15-19,32,42,44H,1,13-14H2,2-7H3/t18-,19+,32?/m1/s1. The number of aliphatic hydroxyl groups excluding tert-OH is 1. The second kappa shape index (κ2) is 12.1. The van der Waals surface area contributed by atoms with Crippen LogP contribution < -0.4 is 4.90 Å². The minimum Gasteiger partial charge on any atom is -0.507 e. The molecule has 2 N–H and O–H groups in total. The van der Waals surface area contributed by atoms with Gasteiger partial charge >= 0.3 is 0 Å². The van der Waals surface area contributed by atoms with Crippen LogP contribution in [0.5, 0.6) is 5.75 Å². The Labute approximate surface area is 261 Å². The third-order valence-corrected chi connectivity index (χ3v) is 8.34. The van der Waals surface area contributed by atoms with Crippen LogP contribution in [0, 0.1) is 5.82 Å². The van der Waals surface area contributed by atoms with Gasteiger partial charge in [-0.2, -0.15) is 0 Å². The Morgan fingerprint density at radius 2 is 1.77 bits per heavy atom. The molecule has 1 amide bonds. The van der Waals surface area contributed by atoms with Gasteiger partial charge in [0.15, 0.2) is 0 Å². The van der Waals surface area contributed by atoms with Gasteiger partial charge in [0.2, 0.25) is 12.3 Å². The number of amidine groups is 1. The number of halogens is 2. The number of phenols is 1. The number of aliphatic imine (C=N–C) groups is 1. The maximum Gasteiger partial charge on any atom is 0.246 e. The summed E-state index contributed by atoms with van der Waals surface area (Å²) >= 11 is 6.80. The number of aliphatic hydroxyl groups is 1. The van der Waals surface area contributed by atoms with Crippen molar-refractivity contribution in [2.24, 2.45) is 4.99 Å². The molecule has 0 saturated carbocycles. The van der Waals surface area contributed by atoms with Crippen molar-refractivity contribution in [2.45, 2.75) is 71.8 Å². The minimum atomic E-state index is -1.45. The Morgan fingerprint density at radius 3 is 2.36 bits per heavy atom. The summed E-state index contributed by atoms with van der Waals surface area (Å²) in [7, 11) is 0. The van der Waals surface area contributed by atoms with E-state index in [0.29, 0.717) is 41.6 Å². The molecule has 1 fully saturated rings. The molecule has 2 aromatic heterocycles. The quantitative estimate of drug-likeness (QED) is 0.355. The van der Waals surface area contributed by atoms with E-state index in [9.17, 15) is 15.0 Å². The zero-order valence-corrected chi connectivity index (χ0v) is 26.4. The lowest BCUT2D eigenvalue weighted by Gasteiger charge is -2.47. The van der Waals surface area contributed by atoms with Crippen LogP contribution in [-0.2, 0) is 4.79 Å². The second-order valence-corrected chi connectivity index (χ2v) is 12.2.